The fourth-order valence-corrected chi connectivity index (χ4v) is 4.33. The molecular formula is C16H25NO4S. The van der Waals surface area contributed by atoms with E-state index in [0.29, 0.717) is 30.6 Å². The molecule has 2 fully saturated rings. The van der Waals surface area contributed by atoms with Gasteiger partial charge in [0.25, 0.3) is 0 Å². The van der Waals surface area contributed by atoms with Crippen molar-refractivity contribution in [1.29, 1.82) is 0 Å². The summed E-state index contributed by atoms with van der Waals surface area (Å²) in [5.41, 5.74) is 0. The van der Waals surface area contributed by atoms with Crippen LogP contribution in [0.4, 0.5) is 0 Å². The number of amides is 1. The van der Waals surface area contributed by atoms with E-state index in [1.807, 2.05) is 0 Å². The van der Waals surface area contributed by atoms with Crippen LogP contribution in [0.1, 0.15) is 46.0 Å². The minimum atomic E-state index is -0.899. The van der Waals surface area contributed by atoms with Crippen molar-refractivity contribution in [1.82, 2.24) is 4.90 Å². The molecule has 1 N–H and O–H groups in total. The van der Waals surface area contributed by atoms with Gasteiger partial charge in [-0.05, 0) is 24.7 Å². The second-order valence-corrected chi connectivity index (χ2v) is 7.79. The molecule has 1 amide bonds. The second-order valence-electron chi connectivity index (χ2n) is 6.59. The van der Waals surface area contributed by atoms with Crippen LogP contribution in [-0.2, 0) is 14.4 Å². The van der Waals surface area contributed by atoms with Crippen LogP contribution in [-0.4, -0.2) is 45.3 Å². The average molecular weight is 327 g/mol. The molecule has 1 aliphatic carbocycles. The van der Waals surface area contributed by atoms with Crippen molar-refractivity contribution in [2.45, 2.75) is 52.0 Å². The first-order chi connectivity index (χ1) is 10.4. The Morgan fingerprint density at radius 1 is 1.23 bits per heavy atom. The van der Waals surface area contributed by atoms with Crippen molar-refractivity contribution in [3.05, 3.63) is 0 Å². The summed E-state index contributed by atoms with van der Waals surface area (Å²) in [5, 5.41) is 9.48. The van der Waals surface area contributed by atoms with Gasteiger partial charge in [0.1, 0.15) is 6.04 Å². The summed E-state index contributed by atoms with van der Waals surface area (Å²) in [6.07, 6.45) is 5.12. The minimum Gasteiger partial charge on any atom is -0.480 e. The van der Waals surface area contributed by atoms with Gasteiger partial charge in [-0.15, -0.1) is 0 Å². The van der Waals surface area contributed by atoms with Crippen molar-refractivity contribution in [3.63, 3.8) is 0 Å². The van der Waals surface area contributed by atoms with Crippen LogP contribution in [0.3, 0.4) is 0 Å². The Morgan fingerprint density at radius 3 is 2.45 bits per heavy atom. The summed E-state index contributed by atoms with van der Waals surface area (Å²) >= 11 is 1.13. The van der Waals surface area contributed by atoms with Crippen molar-refractivity contribution < 1.29 is 19.5 Å². The Bertz CT molecular complexity index is 453. The molecule has 0 radical (unpaired) electrons. The third kappa shape index (κ3) is 4.03. The molecule has 0 aromatic rings. The number of carboxylic acids is 1. The smallest absolute Gasteiger partial charge is 0.326 e. The van der Waals surface area contributed by atoms with E-state index in [1.54, 1.807) is 11.8 Å². The summed E-state index contributed by atoms with van der Waals surface area (Å²) in [5.74, 6) is -0.0305. The van der Waals surface area contributed by atoms with Crippen LogP contribution in [0.5, 0.6) is 0 Å². The number of rotatable bonds is 4. The lowest BCUT2D eigenvalue weighted by Crippen LogP contribution is -2.55. The lowest BCUT2D eigenvalue weighted by atomic mass is 9.72. The summed E-state index contributed by atoms with van der Waals surface area (Å²) < 4.78 is 0. The Balaban J connectivity index is 2.06. The molecule has 1 aliphatic heterocycles. The zero-order valence-electron chi connectivity index (χ0n) is 13.3. The maximum atomic E-state index is 12.6. The molecule has 5 nitrogen and oxygen atoms in total. The van der Waals surface area contributed by atoms with Gasteiger partial charge in [-0.25, -0.2) is 4.79 Å². The highest BCUT2D eigenvalue weighted by atomic mass is 32.2. The molecule has 6 heteroatoms. The molecule has 0 spiro atoms. The number of thioether (sulfide) groups is 1. The van der Waals surface area contributed by atoms with Crippen molar-refractivity contribution in [2.75, 3.05) is 12.3 Å². The van der Waals surface area contributed by atoms with Gasteiger partial charge in [0.15, 0.2) is 5.12 Å². The van der Waals surface area contributed by atoms with Crippen molar-refractivity contribution in [2.24, 2.45) is 17.8 Å². The van der Waals surface area contributed by atoms with Crippen LogP contribution in [0.25, 0.3) is 0 Å². The molecule has 1 saturated carbocycles. The van der Waals surface area contributed by atoms with E-state index in [-0.39, 0.29) is 16.9 Å². The van der Waals surface area contributed by atoms with Gasteiger partial charge in [-0.1, -0.05) is 37.9 Å². The zero-order valence-corrected chi connectivity index (χ0v) is 14.1. The van der Waals surface area contributed by atoms with Crippen molar-refractivity contribution >= 4 is 28.8 Å². The molecule has 0 aromatic carbocycles. The topological polar surface area (TPSA) is 74.7 Å². The number of carbonyl (C=O) groups is 3. The van der Waals surface area contributed by atoms with Crippen LogP contribution in [0.2, 0.25) is 0 Å². The lowest BCUT2D eigenvalue weighted by molar-refractivity contribution is -0.157. The average Bonchev–Trinajstić information content (AvgIpc) is 2.50. The fraction of sp³-hybridized carbons (Fsp3) is 0.812. The largest absolute Gasteiger partial charge is 0.480 e. The van der Waals surface area contributed by atoms with Gasteiger partial charge in [0.2, 0.25) is 5.91 Å². The first-order valence-corrected chi connectivity index (χ1v) is 9.05. The summed E-state index contributed by atoms with van der Waals surface area (Å²) in [7, 11) is 0. The molecule has 22 heavy (non-hydrogen) atoms. The van der Waals surface area contributed by atoms with E-state index >= 15 is 0 Å². The van der Waals surface area contributed by atoms with Gasteiger partial charge in [0.05, 0.1) is 0 Å². The van der Waals surface area contributed by atoms with Gasteiger partial charge in [0, 0.05) is 25.1 Å². The molecule has 2 rings (SSSR count). The summed E-state index contributed by atoms with van der Waals surface area (Å²) in [4.78, 5) is 36.8. The van der Waals surface area contributed by atoms with E-state index in [0.717, 1.165) is 24.6 Å². The molecule has 0 aromatic heterocycles. The Labute approximate surface area is 135 Å². The number of carbonyl (C=O) groups excluding carboxylic acids is 2. The quantitative estimate of drug-likeness (QED) is 0.858. The maximum Gasteiger partial charge on any atom is 0.326 e. The van der Waals surface area contributed by atoms with Crippen LogP contribution < -0.4 is 0 Å². The molecule has 0 bridgehead atoms. The first-order valence-electron chi connectivity index (χ1n) is 8.06. The number of hydrogen-bond acceptors (Lipinski definition) is 4. The highest BCUT2D eigenvalue weighted by molar-refractivity contribution is 8.13. The number of piperidine rings is 1. The number of fused-ring (bicyclic) bond motifs is 1. The Kier molecular flexibility index (Phi) is 5.89. The highest BCUT2D eigenvalue weighted by Crippen LogP contribution is 2.39. The van der Waals surface area contributed by atoms with Crippen LogP contribution in [0, 0.1) is 17.8 Å². The molecule has 4 atom stereocenters. The monoisotopic (exact) mass is 327 g/mol. The highest BCUT2D eigenvalue weighted by Gasteiger charge is 2.42. The maximum absolute atomic E-state index is 12.6. The number of carboxylic acid groups (broad SMARTS) is 1. The number of aliphatic carboxylic acids is 1. The molecule has 1 heterocycles. The molecule has 124 valence electrons. The van der Waals surface area contributed by atoms with E-state index in [4.69, 9.17) is 0 Å². The SMILES string of the molecule is CC(=O)SCC(C)C(=O)N1CC2CCCCC2CC1C(=O)O. The molecule has 1 saturated heterocycles. The minimum absolute atomic E-state index is 0.0135. The summed E-state index contributed by atoms with van der Waals surface area (Å²) in [6.45, 7) is 3.83. The van der Waals surface area contributed by atoms with E-state index in [2.05, 4.69) is 0 Å². The van der Waals surface area contributed by atoms with Crippen molar-refractivity contribution in [3.8, 4) is 0 Å². The number of hydrogen-bond donors (Lipinski definition) is 1. The van der Waals surface area contributed by atoms with Gasteiger partial charge >= 0.3 is 5.97 Å². The van der Waals surface area contributed by atoms with E-state index < -0.39 is 12.0 Å². The fourth-order valence-electron chi connectivity index (χ4n) is 3.70. The second kappa shape index (κ2) is 7.49. The lowest BCUT2D eigenvalue weighted by Gasteiger charge is -2.45. The van der Waals surface area contributed by atoms with Gasteiger partial charge < -0.3 is 10.0 Å². The number of likely N-dealkylation sites (tertiary alicyclic amines) is 1. The normalized spacial score (nSPS) is 29.5. The predicted molar refractivity (Wildman–Crippen MR) is 85.5 cm³/mol. The van der Waals surface area contributed by atoms with E-state index in [9.17, 15) is 19.5 Å². The van der Waals surface area contributed by atoms with Gasteiger partial charge in [-0.3, -0.25) is 9.59 Å². The third-order valence-electron chi connectivity index (χ3n) is 4.93. The standard InChI is InChI=1S/C16H25NO4S/c1-10(9-22-11(2)18)15(19)17-8-13-6-4-3-5-12(13)7-14(17)16(20)21/h10,12-14H,3-9H2,1-2H3,(H,20,21). The molecule has 2 aliphatic rings. The molecular weight excluding hydrogens is 302 g/mol. The van der Waals surface area contributed by atoms with Crippen LogP contribution in [0.15, 0.2) is 0 Å². The summed E-state index contributed by atoms with van der Waals surface area (Å²) in [6, 6.07) is -0.698. The molecule has 4 unspecified atom stereocenters. The Hall–Kier alpha value is -1.04. The van der Waals surface area contributed by atoms with Crippen LogP contribution >= 0.6 is 11.8 Å². The number of nitrogens with zero attached hydrogens (tertiary/aromatic N) is 1. The third-order valence-corrected chi connectivity index (χ3v) is 6.00. The van der Waals surface area contributed by atoms with Gasteiger partial charge in [-0.2, -0.15) is 0 Å². The predicted octanol–water partition coefficient (Wildman–Crippen LogP) is 2.39. The van der Waals surface area contributed by atoms with E-state index in [1.165, 1.54) is 19.8 Å². The first kappa shape index (κ1) is 17.3. The Morgan fingerprint density at radius 2 is 1.86 bits per heavy atom. The zero-order chi connectivity index (χ0) is 16.3.